The number of hydrogen-bond donors (Lipinski definition) is 1. The number of fused-ring (bicyclic) bond motifs is 1. The number of benzene rings is 1. The van der Waals surface area contributed by atoms with Crippen LogP contribution in [0, 0.1) is 39.7 Å². The molecule has 1 aliphatic carbocycles. The molecule has 0 amide bonds. The van der Waals surface area contributed by atoms with E-state index >= 15 is 0 Å². The van der Waals surface area contributed by atoms with Crippen LogP contribution >= 0.6 is 0 Å². The molecule has 9 heteroatoms. The fourth-order valence-electron chi connectivity index (χ4n) is 3.91. The SMILES string of the molecule is COc1cc([N+](=O)[O-])ccc1-c1ccc(/C=C2/C(C)=C(C#N)c3nc(N)c(C#N)c(C)c32)o1. The van der Waals surface area contributed by atoms with Crippen molar-refractivity contribution in [2.45, 2.75) is 13.8 Å². The highest BCUT2D eigenvalue weighted by Crippen LogP contribution is 2.44. The number of rotatable bonds is 4. The summed E-state index contributed by atoms with van der Waals surface area (Å²) in [4.78, 5) is 14.9. The van der Waals surface area contributed by atoms with Crippen molar-refractivity contribution < 1.29 is 14.1 Å². The van der Waals surface area contributed by atoms with E-state index in [0.717, 1.165) is 0 Å². The largest absolute Gasteiger partial charge is 0.496 e. The third-order valence-electron chi connectivity index (χ3n) is 5.56. The highest BCUT2D eigenvalue weighted by molar-refractivity contribution is 6.08. The van der Waals surface area contributed by atoms with Gasteiger partial charge in [0.25, 0.3) is 5.69 Å². The van der Waals surface area contributed by atoms with E-state index in [-0.39, 0.29) is 17.1 Å². The second-order valence-electron chi connectivity index (χ2n) is 7.35. The molecule has 2 heterocycles. The molecule has 0 bridgehead atoms. The summed E-state index contributed by atoms with van der Waals surface area (Å²) in [5.74, 6) is 1.33. The lowest BCUT2D eigenvalue weighted by molar-refractivity contribution is -0.384. The van der Waals surface area contributed by atoms with Gasteiger partial charge in [-0.2, -0.15) is 10.5 Å². The molecule has 9 nitrogen and oxygen atoms in total. The van der Waals surface area contributed by atoms with Crippen LogP contribution in [0.15, 0.2) is 40.3 Å². The maximum Gasteiger partial charge on any atom is 0.273 e. The van der Waals surface area contributed by atoms with Crippen LogP contribution in [0.2, 0.25) is 0 Å². The quantitative estimate of drug-likeness (QED) is 0.446. The van der Waals surface area contributed by atoms with Crippen molar-refractivity contribution >= 4 is 28.7 Å². The zero-order valence-electron chi connectivity index (χ0n) is 18.0. The van der Waals surface area contributed by atoms with Crippen molar-refractivity contribution in [3.63, 3.8) is 0 Å². The zero-order valence-corrected chi connectivity index (χ0v) is 18.0. The number of nitrogen functional groups attached to an aromatic ring is 1. The average Bonchev–Trinajstić information content (AvgIpc) is 3.36. The normalized spacial score (nSPS) is 13.5. The summed E-state index contributed by atoms with van der Waals surface area (Å²) >= 11 is 0. The van der Waals surface area contributed by atoms with E-state index in [2.05, 4.69) is 17.1 Å². The van der Waals surface area contributed by atoms with Crippen molar-refractivity contribution in [2.24, 2.45) is 0 Å². The van der Waals surface area contributed by atoms with Crippen molar-refractivity contribution in [3.05, 3.63) is 74.2 Å². The molecule has 1 aromatic carbocycles. The first-order valence-corrected chi connectivity index (χ1v) is 9.77. The molecule has 2 aromatic heterocycles. The first-order chi connectivity index (χ1) is 15.8. The monoisotopic (exact) mass is 439 g/mol. The fraction of sp³-hybridized carbons (Fsp3) is 0.125. The van der Waals surface area contributed by atoms with Gasteiger partial charge in [-0.05, 0) is 54.8 Å². The number of nitrogens with two attached hydrogens (primary N) is 1. The van der Waals surface area contributed by atoms with Gasteiger partial charge < -0.3 is 14.9 Å². The first-order valence-electron chi connectivity index (χ1n) is 9.77. The van der Waals surface area contributed by atoms with Gasteiger partial charge in [-0.3, -0.25) is 10.1 Å². The maximum absolute atomic E-state index is 11.0. The Kier molecular flexibility index (Phi) is 5.17. The van der Waals surface area contributed by atoms with Gasteiger partial charge in [0.2, 0.25) is 0 Å². The van der Waals surface area contributed by atoms with Gasteiger partial charge in [-0.25, -0.2) is 4.98 Å². The molecular weight excluding hydrogens is 422 g/mol. The van der Waals surface area contributed by atoms with Crippen molar-refractivity contribution in [1.29, 1.82) is 10.5 Å². The number of furan rings is 1. The summed E-state index contributed by atoms with van der Waals surface area (Å²) in [7, 11) is 1.43. The van der Waals surface area contributed by atoms with Crippen LogP contribution in [-0.4, -0.2) is 17.0 Å². The summed E-state index contributed by atoms with van der Waals surface area (Å²) in [5, 5.41) is 30.2. The van der Waals surface area contributed by atoms with Crippen molar-refractivity contribution in [3.8, 4) is 29.2 Å². The Labute approximate surface area is 188 Å². The van der Waals surface area contributed by atoms with E-state index in [4.69, 9.17) is 14.9 Å². The molecule has 0 saturated carbocycles. The summed E-state index contributed by atoms with van der Waals surface area (Å²) < 4.78 is 11.3. The van der Waals surface area contributed by atoms with Crippen molar-refractivity contribution in [1.82, 2.24) is 4.98 Å². The van der Waals surface area contributed by atoms with Crippen LogP contribution < -0.4 is 10.5 Å². The molecule has 0 saturated heterocycles. The Bertz CT molecular complexity index is 1480. The Hall–Kier alpha value is -4.89. The second-order valence-corrected chi connectivity index (χ2v) is 7.35. The van der Waals surface area contributed by atoms with Gasteiger partial charge in [-0.15, -0.1) is 0 Å². The number of anilines is 1. The Morgan fingerprint density at radius 1 is 1.21 bits per heavy atom. The molecule has 33 heavy (non-hydrogen) atoms. The molecule has 3 aromatic rings. The minimum Gasteiger partial charge on any atom is -0.496 e. The lowest BCUT2D eigenvalue weighted by Crippen LogP contribution is -2.03. The van der Waals surface area contributed by atoms with Gasteiger partial charge in [0.05, 0.1) is 40.5 Å². The number of nitrogens with zero attached hydrogens (tertiary/aromatic N) is 4. The summed E-state index contributed by atoms with van der Waals surface area (Å²) in [6.07, 6.45) is 1.77. The fourth-order valence-corrected chi connectivity index (χ4v) is 3.91. The number of hydrogen-bond acceptors (Lipinski definition) is 8. The number of pyridine rings is 1. The highest BCUT2D eigenvalue weighted by atomic mass is 16.6. The molecule has 1 aliphatic rings. The lowest BCUT2D eigenvalue weighted by atomic mass is 9.96. The number of non-ortho nitro benzene ring substituents is 1. The number of methoxy groups -OCH3 is 1. The summed E-state index contributed by atoms with van der Waals surface area (Å²) in [6.45, 7) is 3.57. The zero-order chi connectivity index (χ0) is 23.9. The Morgan fingerprint density at radius 2 is 1.97 bits per heavy atom. The number of nitro benzene ring substituents is 1. The molecule has 0 aliphatic heterocycles. The molecule has 162 valence electrons. The molecule has 2 N–H and O–H groups in total. The molecular formula is C24H17N5O4. The third kappa shape index (κ3) is 3.38. The molecule has 0 radical (unpaired) electrons. The topological polar surface area (TPSA) is 152 Å². The van der Waals surface area contributed by atoms with Crippen LogP contribution in [0.5, 0.6) is 5.75 Å². The van der Waals surface area contributed by atoms with E-state index < -0.39 is 4.92 Å². The van der Waals surface area contributed by atoms with E-state index in [9.17, 15) is 20.6 Å². The third-order valence-corrected chi connectivity index (χ3v) is 5.56. The Balaban J connectivity index is 1.84. The van der Waals surface area contributed by atoms with Gasteiger partial charge in [-0.1, -0.05) is 0 Å². The second kappa shape index (κ2) is 7.98. The molecule has 4 rings (SSSR count). The van der Waals surface area contributed by atoms with Gasteiger partial charge in [0.15, 0.2) is 0 Å². The van der Waals surface area contributed by atoms with E-state index in [1.807, 2.05) is 0 Å². The number of nitriles is 2. The van der Waals surface area contributed by atoms with Gasteiger partial charge in [0.1, 0.15) is 35.2 Å². The highest BCUT2D eigenvalue weighted by Gasteiger charge is 2.30. The molecule has 0 spiro atoms. The summed E-state index contributed by atoms with van der Waals surface area (Å²) in [5.41, 5.74) is 10.2. The summed E-state index contributed by atoms with van der Waals surface area (Å²) in [6, 6.07) is 12.0. The lowest BCUT2D eigenvalue weighted by Gasteiger charge is -2.10. The molecule has 0 unspecified atom stereocenters. The van der Waals surface area contributed by atoms with E-state index in [0.29, 0.717) is 56.4 Å². The van der Waals surface area contributed by atoms with Crippen molar-refractivity contribution in [2.75, 3.05) is 12.8 Å². The number of ether oxygens (including phenoxy) is 1. The van der Waals surface area contributed by atoms with Crippen LogP contribution in [0.4, 0.5) is 11.5 Å². The van der Waals surface area contributed by atoms with Gasteiger partial charge >= 0.3 is 0 Å². The Morgan fingerprint density at radius 3 is 2.61 bits per heavy atom. The van der Waals surface area contributed by atoms with Crippen LogP contribution in [0.3, 0.4) is 0 Å². The van der Waals surface area contributed by atoms with E-state index in [1.165, 1.54) is 19.2 Å². The van der Waals surface area contributed by atoms with E-state index in [1.54, 1.807) is 38.1 Å². The predicted molar refractivity (Wildman–Crippen MR) is 122 cm³/mol. The minimum absolute atomic E-state index is 0.0844. The smallest absolute Gasteiger partial charge is 0.273 e. The average molecular weight is 439 g/mol. The van der Waals surface area contributed by atoms with Crippen LogP contribution in [0.25, 0.3) is 28.5 Å². The number of allylic oxidation sites excluding steroid dienone is 3. The molecule has 0 atom stereocenters. The predicted octanol–water partition coefficient (Wildman–Crippen LogP) is 4.87. The number of nitro groups is 1. The number of aromatic nitrogens is 1. The first kappa shape index (κ1) is 21.3. The van der Waals surface area contributed by atoms with Crippen LogP contribution in [0.1, 0.15) is 35.1 Å². The minimum atomic E-state index is -0.498. The standard InChI is InChI=1S/C24H17N5O4/c1-12-17(22-13(2)19(11-26)24(27)28-23(22)18(12)10-25)9-15-5-7-20(33-15)16-6-4-14(29(30)31)8-21(16)32-3/h4-9H,1-3H3,(H2,27,28)/b17-9-. The van der Waals surface area contributed by atoms with Gasteiger partial charge in [0, 0.05) is 11.6 Å². The maximum atomic E-state index is 11.0. The molecule has 0 fully saturated rings. The van der Waals surface area contributed by atoms with Crippen LogP contribution in [-0.2, 0) is 0 Å².